The monoisotopic (exact) mass is 262 g/mol. The number of nitrogens with one attached hydrogen (secondary N) is 1. The molecule has 0 bridgehead atoms. The van der Waals surface area contributed by atoms with Gasteiger partial charge in [-0.25, -0.2) is 0 Å². The first-order valence-electron chi connectivity index (χ1n) is 7.06. The molecule has 0 amide bonds. The molecule has 3 rings (SSSR count). The van der Waals surface area contributed by atoms with Crippen molar-refractivity contribution in [2.24, 2.45) is 0 Å². The molecule has 1 aromatic carbocycles. The zero-order valence-electron chi connectivity index (χ0n) is 10.9. The van der Waals surface area contributed by atoms with E-state index in [1.54, 1.807) is 0 Å². The van der Waals surface area contributed by atoms with Gasteiger partial charge in [0.05, 0.1) is 0 Å². The van der Waals surface area contributed by atoms with E-state index in [0.29, 0.717) is 0 Å². The predicted molar refractivity (Wildman–Crippen MR) is 80.7 cm³/mol. The lowest BCUT2D eigenvalue weighted by Crippen LogP contribution is -2.28. The van der Waals surface area contributed by atoms with Gasteiger partial charge in [-0.1, -0.05) is 18.2 Å². The highest BCUT2D eigenvalue weighted by Crippen LogP contribution is 2.33. The van der Waals surface area contributed by atoms with Crippen molar-refractivity contribution in [2.45, 2.75) is 18.8 Å². The van der Waals surface area contributed by atoms with Crippen molar-refractivity contribution < 1.29 is 0 Å². The lowest BCUT2D eigenvalue weighted by molar-refractivity contribution is 0.285. The Bertz CT molecular complexity index is 386. The van der Waals surface area contributed by atoms with Crippen molar-refractivity contribution >= 4 is 17.4 Å². The highest BCUT2D eigenvalue weighted by Gasteiger charge is 2.22. The van der Waals surface area contributed by atoms with Crippen LogP contribution >= 0.6 is 11.8 Å². The van der Waals surface area contributed by atoms with Crippen molar-refractivity contribution in [3.05, 3.63) is 29.8 Å². The van der Waals surface area contributed by atoms with Crippen molar-refractivity contribution in [3.63, 3.8) is 0 Å². The molecule has 0 aromatic heterocycles. The Hall–Kier alpha value is -0.670. The van der Waals surface area contributed by atoms with Crippen LogP contribution in [0.5, 0.6) is 0 Å². The number of benzene rings is 1. The fourth-order valence-corrected chi connectivity index (χ4v) is 3.90. The smallest absolute Gasteiger partial charge is 0.0376 e. The molecule has 1 aromatic rings. The minimum absolute atomic E-state index is 0.720. The van der Waals surface area contributed by atoms with Crippen molar-refractivity contribution in [2.75, 3.05) is 43.0 Å². The molecule has 3 heteroatoms. The summed E-state index contributed by atoms with van der Waals surface area (Å²) in [5.74, 6) is 3.39. The van der Waals surface area contributed by atoms with E-state index >= 15 is 0 Å². The van der Waals surface area contributed by atoms with Gasteiger partial charge in [-0.3, -0.25) is 0 Å². The second-order valence-electron chi connectivity index (χ2n) is 5.26. The van der Waals surface area contributed by atoms with Crippen molar-refractivity contribution in [3.8, 4) is 0 Å². The third kappa shape index (κ3) is 2.83. The zero-order chi connectivity index (χ0) is 12.2. The molecular formula is C15H22N2S. The Balaban J connectivity index is 1.55. The molecule has 1 N–H and O–H groups in total. The number of hydrogen-bond donors (Lipinski definition) is 1. The number of hydrogen-bond acceptors (Lipinski definition) is 3. The quantitative estimate of drug-likeness (QED) is 0.901. The minimum atomic E-state index is 0.720. The topological polar surface area (TPSA) is 15.3 Å². The van der Waals surface area contributed by atoms with E-state index in [2.05, 4.69) is 46.2 Å². The van der Waals surface area contributed by atoms with Crippen LogP contribution in [0.25, 0.3) is 0 Å². The van der Waals surface area contributed by atoms with Gasteiger partial charge < -0.3 is 10.2 Å². The second kappa shape index (κ2) is 5.98. The van der Waals surface area contributed by atoms with Crippen LogP contribution in [0, 0.1) is 0 Å². The molecular weight excluding hydrogens is 240 g/mol. The summed E-state index contributed by atoms with van der Waals surface area (Å²) in [4.78, 5) is 2.65. The standard InChI is InChI=1S/C15H22N2S/c1-2-5-15-14(4-1)13(12-16-15)6-8-17-7-3-10-18-11-9-17/h1-2,4-5,13,16H,3,6-12H2. The van der Waals surface area contributed by atoms with E-state index in [0.717, 1.165) is 12.5 Å². The van der Waals surface area contributed by atoms with Crippen LogP contribution in [0.4, 0.5) is 5.69 Å². The van der Waals surface area contributed by atoms with Crippen LogP contribution in [-0.4, -0.2) is 42.6 Å². The Morgan fingerprint density at radius 1 is 1.22 bits per heavy atom. The van der Waals surface area contributed by atoms with E-state index in [1.807, 2.05) is 0 Å². The van der Waals surface area contributed by atoms with E-state index in [-0.39, 0.29) is 0 Å². The summed E-state index contributed by atoms with van der Waals surface area (Å²) in [7, 11) is 0. The molecule has 0 aliphatic carbocycles. The Morgan fingerprint density at radius 2 is 2.17 bits per heavy atom. The molecule has 0 saturated carbocycles. The molecule has 1 fully saturated rings. The summed E-state index contributed by atoms with van der Waals surface area (Å²) in [6.45, 7) is 4.98. The van der Waals surface area contributed by atoms with Crippen LogP contribution in [-0.2, 0) is 0 Å². The summed E-state index contributed by atoms with van der Waals surface area (Å²) >= 11 is 2.11. The van der Waals surface area contributed by atoms with E-state index < -0.39 is 0 Å². The third-order valence-corrected chi connectivity index (χ3v) is 5.10. The average Bonchev–Trinajstić information content (AvgIpc) is 2.64. The first-order chi connectivity index (χ1) is 8.93. The van der Waals surface area contributed by atoms with Crippen molar-refractivity contribution in [1.82, 2.24) is 4.90 Å². The highest BCUT2D eigenvalue weighted by atomic mass is 32.2. The second-order valence-corrected chi connectivity index (χ2v) is 6.49. The van der Waals surface area contributed by atoms with Gasteiger partial charge in [0.2, 0.25) is 0 Å². The first-order valence-corrected chi connectivity index (χ1v) is 8.22. The fraction of sp³-hybridized carbons (Fsp3) is 0.600. The lowest BCUT2D eigenvalue weighted by atomic mass is 9.98. The number of rotatable bonds is 3. The number of thioether (sulfide) groups is 1. The Morgan fingerprint density at radius 3 is 3.17 bits per heavy atom. The van der Waals surface area contributed by atoms with Crippen LogP contribution in [0.2, 0.25) is 0 Å². The fourth-order valence-electron chi connectivity index (χ4n) is 2.97. The van der Waals surface area contributed by atoms with Crippen LogP contribution in [0.3, 0.4) is 0 Å². The summed E-state index contributed by atoms with van der Waals surface area (Å²) in [6, 6.07) is 8.79. The molecule has 1 saturated heterocycles. The van der Waals surface area contributed by atoms with Gasteiger partial charge >= 0.3 is 0 Å². The molecule has 0 radical (unpaired) electrons. The number of fused-ring (bicyclic) bond motifs is 1. The zero-order valence-corrected chi connectivity index (χ0v) is 11.7. The summed E-state index contributed by atoms with van der Waals surface area (Å²) < 4.78 is 0. The summed E-state index contributed by atoms with van der Waals surface area (Å²) in [5, 5.41) is 3.53. The molecule has 2 nitrogen and oxygen atoms in total. The van der Waals surface area contributed by atoms with Gasteiger partial charge in [0.25, 0.3) is 0 Å². The predicted octanol–water partition coefficient (Wildman–Crippen LogP) is 3.02. The summed E-state index contributed by atoms with van der Waals surface area (Å²) in [6.07, 6.45) is 2.67. The normalized spacial score (nSPS) is 24.3. The molecule has 2 heterocycles. The molecule has 2 aliphatic rings. The van der Waals surface area contributed by atoms with Gasteiger partial charge in [0.1, 0.15) is 0 Å². The SMILES string of the molecule is c1ccc2c(c1)NCC2CCN1CCCSCC1. The molecule has 1 unspecified atom stereocenters. The van der Waals surface area contributed by atoms with Gasteiger partial charge in [-0.15, -0.1) is 0 Å². The Kier molecular flexibility index (Phi) is 4.11. The number of anilines is 1. The maximum Gasteiger partial charge on any atom is 0.0376 e. The van der Waals surface area contributed by atoms with E-state index in [9.17, 15) is 0 Å². The van der Waals surface area contributed by atoms with Crippen LogP contribution in [0.1, 0.15) is 24.3 Å². The van der Waals surface area contributed by atoms with Gasteiger partial charge in [0, 0.05) is 30.4 Å². The average molecular weight is 262 g/mol. The third-order valence-electron chi connectivity index (χ3n) is 4.05. The maximum atomic E-state index is 3.53. The van der Waals surface area contributed by atoms with E-state index in [4.69, 9.17) is 0 Å². The number of para-hydroxylation sites is 1. The minimum Gasteiger partial charge on any atom is -0.384 e. The van der Waals surface area contributed by atoms with Crippen LogP contribution in [0.15, 0.2) is 24.3 Å². The molecule has 0 spiro atoms. The lowest BCUT2D eigenvalue weighted by Gasteiger charge is -2.21. The van der Waals surface area contributed by atoms with Gasteiger partial charge in [0.15, 0.2) is 0 Å². The van der Waals surface area contributed by atoms with Crippen LogP contribution < -0.4 is 5.32 Å². The van der Waals surface area contributed by atoms with Crippen molar-refractivity contribution in [1.29, 1.82) is 0 Å². The molecule has 98 valence electrons. The Labute approximate surface area is 114 Å². The molecule has 2 aliphatic heterocycles. The molecule has 1 atom stereocenters. The number of nitrogens with zero attached hydrogens (tertiary/aromatic N) is 1. The maximum absolute atomic E-state index is 3.53. The first kappa shape index (κ1) is 12.4. The largest absolute Gasteiger partial charge is 0.384 e. The highest BCUT2D eigenvalue weighted by molar-refractivity contribution is 7.99. The van der Waals surface area contributed by atoms with Gasteiger partial charge in [-0.2, -0.15) is 11.8 Å². The van der Waals surface area contributed by atoms with E-state index in [1.165, 1.54) is 55.2 Å². The molecule has 18 heavy (non-hydrogen) atoms. The van der Waals surface area contributed by atoms with Gasteiger partial charge in [-0.05, 0) is 43.3 Å². The summed E-state index contributed by atoms with van der Waals surface area (Å²) in [5.41, 5.74) is 2.88.